The maximum Gasteiger partial charge on any atom is 0.124 e. The van der Waals surface area contributed by atoms with Crippen molar-refractivity contribution in [2.75, 3.05) is 19.7 Å². The number of aryl methyl sites for hydroxylation is 1. The molecule has 3 aromatic rings. The maximum atomic E-state index is 6.05. The van der Waals surface area contributed by atoms with Crippen molar-refractivity contribution in [3.05, 3.63) is 74.5 Å². The van der Waals surface area contributed by atoms with Crippen molar-refractivity contribution >= 4 is 27.3 Å². The van der Waals surface area contributed by atoms with Crippen LogP contribution in [0.3, 0.4) is 0 Å². The van der Waals surface area contributed by atoms with Gasteiger partial charge in [-0.15, -0.1) is 11.3 Å². The van der Waals surface area contributed by atoms with Gasteiger partial charge < -0.3 is 4.74 Å². The molecular formula is C21H21BrN2OS. The topological polar surface area (TPSA) is 25.4 Å². The molecule has 5 heteroatoms. The van der Waals surface area contributed by atoms with E-state index >= 15 is 0 Å². The number of benzene rings is 2. The molecule has 2 aromatic carbocycles. The Labute approximate surface area is 166 Å². The third kappa shape index (κ3) is 4.07. The molecule has 0 saturated carbocycles. The van der Waals surface area contributed by atoms with Crippen molar-refractivity contribution in [3.63, 3.8) is 0 Å². The zero-order valence-corrected chi connectivity index (χ0v) is 17.1. The van der Waals surface area contributed by atoms with E-state index in [1.54, 1.807) is 11.3 Å². The van der Waals surface area contributed by atoms with Crippen molar-refractivity contribution in [2.45, 2.75) is 19.6 Å². The molecule has 1 aromatic heterocycles. The highest BCUT2D eigenvalue weighted by molar-refractivity contribution is 9.10. The molecule has 1 unspecified atom stereocenters. The normalized spacial score (nSPS) is 18.2. The van der Waals surface area contributed by atoms with E-state index < -0.39 is 0 Å². The Morgan fingerprint density at radius 2 is 1.92 bits per heavy atom. The number of ether oxygens (including phenoxy) is 1. The summed E-state index contributed by atoms with van der Waals surface area (Å²) in [6.07, 6.45) is 0.0559. The summed E-state index contributed by atoms with van der Waals surface area (Å²) in [5, 5.41) is 1.08. The molecule has 0 aliphatic carbocycles. The van der Waals surface area contributed by atoms with Crippen LogP contribution in [0.2, 0.25) is 0 Å². The molecule has 0 amide bonds. The number of hydrogen-bond acceptors (Lipinski definition) is 4. The van der Waals surface area contributed by atoms with Gasteiger partial charge in [0.25, 0.3) is 0 Å². The number of hydrogen-bond donors (Lipinski definition) is 0. The molecule has 1 aliphatic rings. The van der Waals surface area contributed by atoms with Gasteiger partial charge in [0, 0.05) is 34.5 Å². The van der Waals surface area contributed by atoms with E-state index in [2.05, 4.69) is 82.4 Å². The van der Waals surface area contributed by atoms with Crippen LogP contribution in [0.4, 0.5) is 0 Å². The van der Waals surface area contributed by atoms with E-state index in [0.29, 0.717) is 0 Å². The predicted molar refractivity (Wildman–Crippen MR) is 110 cm³/mol. The first kappa shape index (κ1) is 17.9. The molecule has 0 spiro atoms. The lowest BCUT2D eigenvalue weighted by atomic mass is 10.1. The van der Waals surface area contributed by atoms with E-state index in [9.17, 15) is 0 Å². The number of rotatable bonds is 4. The molecule has 0 bridgehead atoms. The largest absolute Gasteiger partial charge is 0.368 e. The van der Waals surface area contributed by atoms with Gasteiger partial charge in [0.2, 0.25) is 0 Å². The molecule has 26 heavy (non-hydrogen) atoms. The van der Waals surface area contributed by atoms with Crippen LogP contribution in [0.5, 0.6) is 0 Å². The van der Waals surface area contributed by atoms with Gasteiger partial charge in [-0.25, -0.2) is 4.98 Å². The fourth-order valence-electron chi connectivity index (χ4n) is 3.27. The lowest BCUT2D eigenvalue weighted by Gasteiger charge is -2.32. The standard InChI is InChI=1S/C21H21BrN2OS/c1-15-20(17-7-9-18(22)10-8-17)23-21(26-15)19-14-24(11-12-25-19)13-16-5-3-2-4-6-16/h2-10,19H,11-14H2,1H3. The minimum Gasteiger partial charge on any atom is -0.368 e. The van der Waals surface area contributed by atoms with Crippen molar-refractivity contribution in [1.82, 2.24) is 9.88 Å². The fourth-order valence-corrected chi connectivity index (χ4v) is 4.52. The summed E-state index contributed by atoms with van der Waals surface area (Å²) in [5.41, 5.74) is 3.57. The average molecular weight is 429 g/mol. The summed E-state index contributed by atoms with van der Waals surface area (Å²) >= 11 is 5.25. The quantitative estimate of drug-likeness (QED) is 0.551. The molecular weight excluding hydrogens is 408 g/mol. The third-order valence-corrected chi connectivity index (χ3v) is 6.20. The van der Waals surface area contributed by atoms with Gasteiger partial charge in [0.05, 0.1) is 12.3 Å². The van der Waals surface area contributed by atoms with Crippen LogP contribution in [-0.4, -0.2) is 29.6 Å². The highest BCUT2D eigenvalue weighted by atomic mass is 79.9. The Morgan fingerprint density at radius 1 is 1.15 bits per heavy atom. The molecule has 0 N–H and O–H groups in total. The number of halogens is 1. The van der Waals surface area contributed by atoms with Gasteiger partial charge in [-0.1, -0.05) is 58.4 Å². The first-order valence-corrected chi connectivity index (χ1v) is 10.4. The summed E-state index contributed by atoms with van der Waals surface area (Å²) < 4.78 is 7.14. The second-order valence-corrected chi connectivity index (χ2v) is 8.69. The van der Waals surface area contributed by atoms with Crippen molar-refractivity contribution in [1.29, 1.82) is 0 Å². The Hall–Kier alpha value is -1.53. The molecule has 1 aliphatic heterocycles. The monoisotopic (exact) mass is 428 g/mol. The third-order valence-electron chi connectivity index (χ3n) is 4.61. The van der Waals surface area contributed by atoms with E-state index in [-0.39, 0.29) is 6.10 Å². The number of morpholine rings is 1. The highest BCUT2D eigenvalue weighted by Gasteiger charge is 2.25. The van der Waals surface area contributed by atoms with E-state index in [0.717, 1.165) is 47.0 Å². The van der Waals surface area contributed by atoms with Crippen LogP contribution in [0, 0.1) is 6.92 Å². The molecule has 0 radical (unpaired) electrons. The van der Waals surface area contributed by atoms with Crippen LogP contribution < -0.4 is 0 Å². The molecule has 1 atom stereocenters. The average Bonchev–Trinajstić information content (AvgIpc) is 3.05. The van der Waals surface area contributed by atoms with Crippen molar-refractivity contribution in [3.8, 4) is 11.3 Å². The summed E-state index contributed by atoms with van der Waals surface area (Å²) in [5.74, 6) is 0. The van der Waals surface area contributed by atoms with Crippen LogP contribution >= 0.6 is 27.3 Å². The number of aromatic nitrogens is 1. The summed E-state index contributed by atoms with van der Waals surface area (Å²) in [6, 6.07) is 19.0. The summed E-state index contributed by atoms with van der Waals surface area (Å²) in [7, 11) is 0. The fraction of sp³-hybridized carbons (Fsp3) is 0.286. The zero-order valence-electron chi connectivity index (χ0n) is 14.7. The van der Waals surface area contributed by atoms with Gasteiger partial charge in [0.15, 0.2) is 0 Å². The Bertz CT molecular complexity index is 863. The SMILES string of the molecule is Cc1sc(C2CN(Cc3ccccc3)CCO2)nc1-c1ccc(Br)cc1. The first-order chi connectivity index (χ1) is 12.7. The smallest absolute Gasteiger partial charge is 0.124 e. The van der Waals surface area contributed by atoms with E-state index in [1.165, 1.54) is 10.4 Å². The van der Waals surface area contributed by atoms with Crippen LogP contribution in [0.1, 0.15) is 21.6 Å². The van der Waals surface area contributed by atoms with Gasteiger partial charge in [-0.05, 0) is 24.6 Å². The molecule has 1 fully saturated rings. The molecule has 1 saturated heterocycles. The maximum absolute atomic E-state index is 6.05. The van der Waals surface area contributed by atoms with Crippen LogP contribution in [0.15, 0.2) is 59.1 Å². The van der Waals surface area contributed by atoms with Gasteiger partial charge in [-0.3, -0.25) is 4.90 Å². The summed E-state index contributed by atoms with van der Waals surface area (Å²) in [4.78, 5) is 8.63. The molecule has 3 nitrogen and oxygen atoms in total. The van der Waals surface area contributed by atoms with Gasteiger partial charge >= 0.3 is 0 Å². The van der Waals surface area contributed by atoms with Crippen molar-refractivity contribution < 1.29 is 4.74 Å². The second kappa shape index (κ2) is 8.01. The van der Waals surface area contributed by atoms with Crippen LogP contribution in [-0.2, 0) is 11.3 Å². The Morgan fingerprint density at radius 3 is 2.69 bits per heavy atom. The zero-order chi connectivity index (χ0) is 17.9. The number of thiazole rings is 1. The summed E-state index contributed by atoms with van der Waals surface area (Å²) in [6.45, 7) is 5.72. The highest BCUT2D eigenvalue weighted by Crippen LogP contribution is 2.33. The predicted octanol–water partition coefficient (Wildman–Crippen LogP) is 5.45. The minimum atomic E-state index is 0.0559. The van der Waals surface area contributed by atoms with Gasteiger partial charge in [0.1, 0.15) is 11.1 Å². The van der Waals surface area contributed by atoms with Gasteiger partial charge in [-0.2, -0.15) is 0 Å². The molecule has 4 rings (SSSR count). The minimum absolute atomic E-state index is 0.0559. The molecule has 2 heterocycles. The van der Waals surface area contributed by atoms with Crippen LogP contribution in [0.25, 0.3) is 11.3 Å². The lowest BCUT2D eigenvalue weighted by molar-refractivity contribution is -0.0329. The van der Waals surface area contributed by atoms with Crippen molar-refractivity contribution in [2.24, 2.45) is 0 Å². The molecule has 134 valence electrons. The Balaban J connectivity index is 1.50. The van der Waals surface area contributed by atoms with E-state index in [4.69, 9.17) is 9.72 Å². The first-order valence-electron chi connectivity index (χ1n) is 8.80. The lowest BCUT2D eigenvalue weighted by Crippen LogP contribution is -2.37. The Kier molecular flexibility index (Phi) is 5.50. The second-order valence-electron chi connectivity index (χ2n) is 6.54. The van der Waals surface area contributed by atoms with E-state index in [1.807, 2.05) is 0 Å². The number of nitrogens with zero attached hydrogens (tertiary/aromatic N) is 2.